The average Bonchev–Trinajstić information content (AvgIpc) is 2.74. The standard InChI is InChI=1S/C13H24N2O3/c1-9(2)8-10(3)14(4)13(18)15-7-5-6-11(15)12(16)17/h9-11H,5-8H2,1-4H3,(H,16,17)/t10?,11-/m1/s1. The maximum atomic E-state index is 12.3. The van der Waals surface area contributed by atoms with Crippen LogP contribution in [0.25, 0.3) is 0 Å². The van der Waals surface area contributed by atoms with Crippen LogP contribution >= 0.6 is 0 Å². The van der Waals surface area contributed by atoms with Gasteiger partial charge in [-0.2, -0.15) is 0 Å². The Labute approximate surface area is 109 Å². The third kappa shape index (κ3) is 3.37. The molecule has 1 N–H and O–H groups in total. The molecule has 0 aromatic carbocycles. The van der Waals surface area contributed by atoms with E-state index in [9.17, 15) is 9.59 Å². The second kappa shape index (κ2) is 6.07. The van der Waals surface area contributed by atoms with E-state index in [4.69, 9.17) is 5.11 Å². The van der Waals surface area contributed by atoms with E-state index >= 15 is 0 Å². The van der Waals surface area contributed by atoms with E-state index in [-0.39, 0.29) is 12.1 Å². The van der Waals surface area contributed by atoms with Crippen LogP contribution in [0, 0.1) is 5.92 Å². The molecule has 104 valence electrons. The fourth-order valence-electron chi connectivity index (χ4n) is 2.48. The zero-order valence-corrected chi connectivity index (χ0v) is 11.7. The quantitative estimate of drug-likeness (QED) is 0.837. The van der Waals surface area contributed by atoms with Crippen LogP contribution in [-0.2, 0) is 4.79 Å². The summed E-state index contributed by atoms with van der Waals surface area (Å²) in [7, 11) is 1.76. The van der Waals surface area contributed by atoms with Crippen LogP contribution < -0.4 is 0 Å². The van der Waals surface area contributed by atoms with Crippen molar-refractivity contribution in [2.75, 3.05) is 13.6 Å². The van der Waals surface area contributed by atoms with Crippen LogP contribution in [0.15, 0.2) is 0 Å². The Morgan fingerprint density at radius 2 is 2.00 bits per heavy atom. The summed E-state index contributed by atoms with van der Waals surface area (Å²) in [6, 6.07) is -0.674. The number of carboxylic acids is 1. The smallest absolute Gasteiger partial charge is 0.326 e. The van der Waals surface area contributed by atoms with Crippen LogP contribution in [0.2, 0.25) is 0 Å². The summed E-state index contributed by atoms with van der Waals surface area (Å²) < 4.78 is 0. The first-order valence-electron chi connectivity index (χ1n) is 6.60. The minimum Gasteiger partial charge on any atom is -0.480 e. The van der Waals surface area contributed by atoms with Gasteiger partial charge in [-0.25, -0.2) is 9.59 Å². The molecule has 18 heavy (non-hydrogen) atoms. The third-order valence-corrected chi connectivity index (χ3v) is 3.56. The van der Waals surface area contributed by atoms with Gasteiger partial charge < -0.3 is 14.9 Å². The van der Waals surface area contributed by atoms with E-state index in [1.807, 2.05) is 6.92 Å². The fourth-order valence-corrected chi connectivity index (χ4v) is 2.48. The van der Waals surface area contributed by atoms with E-state index in [1.54, 1.807) is 11.9 Å². The molecule has 0 spiro atoms. The maximum absolute atomic E-state index is 12.3. The van der Waals surface area contributed by atoms with E-state index in [2.05, 4.69) is 13.8 Å². The van der Waals surface area contributed by atoms with Crippen molar-refractivity contribution in [3.8, 4) is 0 Å². The highest BCUT2D eigenvalue weighted by atomic mass is 16.4. The van der Waals surface area contributed by atoms with E-state index in [0.29, 0.717) is 18.9 Å². The summed E-state index contributed by atoms with van der Waals surface area (Å²) in [6.07, 6.45) is 2.26. The van der Waals surface area contributed by atoms with Crippen LogP contribution in [0.5, 0.6) is 0 Å². The second-order valence-electron chi connectivity index (χ2n) is 5.56. The normalized spacial score (nSPS) is 21.2. The summed E-state index contributed by atoms with van der Waals surface area (Å²) in [5.41, 5.74) is 0. The molecule has 2 atom stereocenters. The summed E-state index contributed by atoms with van der Waals surface area (Å²) in [5.74, 6) is -0.380. The third-order valence-electron chi connectivity index (χ3n) is 3.56. The van der Waals surface area contributed by atoms with Gasteiger partial charge in [0.15, 0.2) is 0 Å². The number of urea groups is 1. The van der Waals surface area contributed by atoms with Gasteiger partial charge in [-0.3, -0.25) is 0 Å². The number of nitrogens with zero attached hydrogens (tertiary/aromatic N) is 2. The predicted molar refractivity (Wildman–Crippen MR) is 69.4 cm³/mol. The van der Waals surface area contributed by atoms with Gasteiger partial charge in [0.2, 0.25) is 0 Å². The Balaban J connectivity index is 2.65. The summed E-state index contributed by atoms with van der Waals surface area (Å²) in [5, 5.41) is 9.09. The van der Waals surface area contributed by atoms with Gasteiger partial charge in [0, 0.05) is 19.6 Å². The van der Waals surface area contributed by atoms with E-state index < -0.39 is 12.0 Å². The molecule has 0 saturated carbocycles. The van der Waals surface area contributed by atoms with Gasteiger partial charge in [0.05, 0.1) is 0 Å². The van der Waals surface area contributed by atoms with Gasteiger partial charge in [0.25, 0.3) is 0 Å². The van der Waals surface area contributed by atoms with Crippen LogP contribution in [0.1, 0.15) is 40.0 Å². The first-order chi connectivity index (χ1) is 8.34. The highest BCUT2D eigenvalue weighted by molar-refractivity contribution is 5.83. The van der Waals surface area contributed by atoms with E-state index in [0.717, 1.165) is 12.8 Å². The number of aliphatic carboxylic acids is 1. The van der Waals surface area contributed by atoms with Crippen molar-refractivity contribution in [3.63, 3.8) is 0 Å². The Hall–Kier alpha value is -1.26. The van der Waals surface area contributed by atoms with Gasteiger partial charge in [0.1, 0.15) is 6.04 Å². The van der Waals surface area contributed by atoms with Crippen LogP contribution in [0.4, 0.5) is 4.79 Å². The van der Waals surface area contributed by atoms with E-state index in [1.165, 1.54) is 4.90 Å². The Bertz CT molecular complexity index is 317. The molecule has 1 fully saturated rings. The predicted octanol–water partition coefficient (Wildman–Crippen LogP) is 2.02. The van der Waals surface area contributed by atoms with Crippen molar-refractivity contribution < 1.29 is 14.7 Å². The van der Waals surface area contributed by atoms with Crippen molar-refractivity contribution >= 4 is 12.0 Å². The number of carboxylic acid groups (broad SMARTS) is 1. The molecule has 0 bridgehead atoms. The fraction of sp³-hybridized carbons (Fsp3) is 0.846. The second-order valence-corrected chi connectivity index (χ2v) is 5.56. The molecule has 2 amide bonds. The molecule has 1 unspecified atom stereocenters. The summed E-state index contributed by atoms with van der Waals surface area (Å²) in [4.78, 5) is 26.5. The van der Waals surface area contributed by atoms with Gasteiger partial charge in [-0.05, 0) is 32.1 Å². The van der Waals surface area contributed by atoms with Crippen molar-refractivity contribution in [3.05, 3.63) is 0 Å². The Morgan fingerprint density at radius 1 is 1.39 bits per heavy atom. The van der Waals surface area contributed by atoms with Gasteiger partial charge in [-0.15, -0.1) is 0 Å². The minimum absolute atomic E-state index is 0.132. The van der Waals surface area contributed by atoms with Gasteiger partial charge >= 0.3 is 12.0 Å². The zero-order valence-electron chi connectivity index (χ0n) is 11.7. The molecule has 5 nitrogen and oxygen atoms in total. The number of likely N-dealkylation sites (tertiary alicyclic amines) is 1. The lowest BCUT2D eigenvalue weighted by Crippen LogP contribution is -2.49. The monoisotopic (exact) mass is 256 g/mol. The lowest BCUT2D eigenvalue weighted by Gasteiger charge is -2.32. The molecule has 0 radical (unpaired) electrons. The number of amides is 2. The number of carbonyl (C=O) groups is 2. The highest BCUT2D eigenvalue weighted by Crippen LogP contribution is 2.20. The summed E-state index contributed by atoms with van der Waals surface area (Å²) in [6.45, 7) is 6.79. The molecule has 1 saturated heterocycles. The molecular formula is C13H24N2O3. The van der Waals surface area contributed by atoms with Crippen molar-refractivity contribution in [2.45, 2.75) is 52.1 Å². The first kappa shape index (κ1) is 14.8. The topological polar surface area (TPSA) is 60.9 Å². The number of rotatable bonds is 4. The van der Waals surface area contributed by atoms with Crippen LogP contribution in [0.3, 0.4) is 0 Å². The molecule has 0 aliphatic carbocycles. The number of hydrogen-bond acceptors (Lipinski definition) is 2. The average molecular weight is 256 g/mol. The minimum atomic E-state index is -0.897. The van der Waals surface area contributed by atoms with Crippen LogP contribution in [-0.4, -0.2) is 52.6 Å². The van der Waals surface area contributed by atoms with Crippen molar-refractivity contribution in [1.29, 1.82) is 0 Å². The lowest BCUT2D eigenvalue weighted by atomic mass is 10.0. The molecular weight excluding hydrogens is 232 g/mol. The molecule has 1 heterocycles. The number of carbonyl (C=O) groups excluding carboxylic acids is 1. The van der Waals surface area contributed by atoms with Crippen molar-refractivity contribution in [1.82, 2.24) is 9.80 Å². The largest absolute Gasteiger partial charge is 0.480 e. The molecule has 1 aliphatic heterocycles. The van der Waals surface area contributed by atoms with Gasteiger partial charge in [-0.1, -0.05) is 13.8 Å². The molecule has 0 aromatic rings. The first-order valence-corrected chi connectivity index (χ1v) is 6.60. The molecule has 1 aliphatic rings. The molecule has 0 aromatic heterocycles. The zero-order chi connectivity index (χ0) is 13.9. The molecule has 5 heteroatoms. The number of hydrogen-bond donors (Lipinski definition) is 1. The maximum Gasteiger partial charge on any atom is 0.326 e. The Kier molecular flexibility index (Phi) is 4.99. The van der Waals surface area contributed by atoms with Crippen molar-refractivity contribution in [2.24, 2.45) is 5.92 Å². The summed E-state index contributed by atoms with van der Waals surface area (Å²) >= 11 is 0. The SMILES string of the molecule is CC(C)CC(C)N(C)C(=O)N1CCC[C@@H]1C(=O)O. The lowest BCUT2D eigenvalue weighted by molar-refractivity contribution is -0.141. The highest BCUT2D eigenvalue weighted by Gasteiger charge is 2.36. The Morgan fingerprint density at radius 3 is 2.50 bits per heavy atom. The molecule has 1 rings (SSSR count).